The van der Waals surface area contributed by atoms with Gasteiger partial charge in [-0.05, 0) is 24.5 Å². The quantitative estimate of drug-likeness (QED) is 0.905. The summed E-state index contributed by atoms with van der Waals surface area (Å²) in [6.07, 6.45) is 1.13. The van der Waals surface area contributed by atoms with Crippen LogP contribution in [0.1, 0.15) is 27.2 Å². The summed E-state index contributed by atoms with van der Waals surface area (Å²) in [5, 5.41) is 3.67. The largest absolute Gasteiger partial charge is 0.493 e. The Bertz CT molecular complexity index is 462. The van der Waals surface area contributed by atoms with Crippen LogP contribution in [0.15, 0.2) is 18.2 Å². The van der Waals surface area contributed by atoms with Crippen molar-refractivity contribution in [2.45, 2.75) is 39.3 Å². The van der Waals surface area contributed by atoms with E-state index in [0.29, 0.717) is 18.0 Å². The van der Waals surface area contributed by atoms with Crippen LogP contribution in [0.2, 0.25) is 0 Å². The third-order valence-corrected chi connectivity index (χ3v) is 4.42. The van der Waals surface area contributed by atoms with E-state index in [9.17, 15) is 0 Å². The van der Waals surface area contributed by atoms with Crippen LogP contribution in [0.25, 0.3) is 0 Å². The van der Waals surface area contributed by atoms with Gasteiger partial charge in [-0.1, -0.05) is 20.8 Å². The maximum absolute atomic E-state index is 5.44. The minimum Gasteiger partial charge on any atom is -0.493 e. The molecule has 0 aliphatic carbocycles. The van der Waals surface area contributed by atoms with Crippen molar-refractivity contribution in [2.75, 3.05) is 32.2 Å². The average molecular weight is 292 g/mol. The molecule has 2 rings (SSSR count). The lowest BCUT2D eigenvalue weighted by Gasteiger charge is -2.43. The highest BCUT2D eigenvalue weighted by atomic mass is 16.5. The zero-order valence-electron chi connectivity index (χ0n) is 13.8. The molecule has 0 aromatic heterocycles. The van der Waals surface area contributed by atoms with Gasteiger partial charge in [-0.2, -0.15) is 0 Å². The van der Waals surface area contributed by atoms with E-state index in [2.05, 4.69) is 43.1 Å². The highest BCUT2D eigenvalue weighted by molar-refractivity contribution is 5.57. The van der Waals surface area contributed by atoms with Crippen molar-refractivity contribution in [3.63, 3.8) is 0 Å². The summed E-state index contributed by atoms with van der Waals surface area (Å²) in [6.45, 7) is 8.86. The molecule has 0 amide bonds. The van der Waals surface area contributed by atoms with Gasteiger partial charge in [-0.15, -0.1) is 0 Å². The highest BCUT2D eigenvalue weighted by Crippen LogP contribution is 2.33. The third kappa shape index (κ3) is 3.43. The topological polar surface area (TPSA) is 33.7 Å². The van der Waals surface area contributed by atoms with Crippen molar-refractivity contribution >= 4 is 5.69 Å². The Morgan fingerprint density at radius 3 is 2.52 bits per heavy atom. The molecule has 0 saturated carbocycles. The number of anilines is 1. The molecule has 4 heteroatoms. The molecule has 4 nitrogen and oxygen atoms in total. The Morgan fingerprint density at radius 1 is 1.24 bits per heavy atom. The summed E-state index contributed by atoms with van der Waals surface area (Å²) in [5.74, 6) is 2.21. The molecule has 0 bridgehead atoms. The predicted molar refractivity (Wildman–Crippen MR) is 87.6 cm³/mol. The molecule has 0 spiro atoms. The van der Waals surface area contributed by atoms with Crippen LogP contribution in [0.3, 0.4) is 0 Å². The van der Waals surface area contributed by atoms with E-state index in [-0.39, 0.29) is 0 Å². The molecule has 1 N–H and O–H groups in total. The summed E-state index contributed by atoms with van der Waals surface area (Å²) in [5.41, 5.74) is 1.21. The Morgan fingerprint density at radius 2 is 1.95 bits per heavy atom. The minimum absolute atomic E-state index is 0.526. The lowest BCUT2D eigenvalue weighted by atomic mass is 9.97. The maximum atomic E-state index is 5.44. The van der Waals surface area contributed by atoms with Crippen molar-refractivity contribution in [1.82, 2.24) is 5.32 Å². The summed E-state index contributed by atoms with van der Waals surface area (Å²) in [6, 6.07) is 7.27. The van der Waals surface area contributed by atoms with Gasteiger partial charge >= 0.3 is 0 Å². The molecule has 1 aliphatic rings. The fourth-order valence-electron chi connectivity index (χ4n) is 2.95. The van der Waals surface area contributed by atoms with Gasteiger partial charge in [0.15, 0.2) is 11.5 Å². The van der Waals surface area contributed by atoms with E-state index < -0.39 is 0 Å². The standard InChI is InChI=1S/C17H28N2O2/c1-6-13-10-18-15(12(2)3)11-19(13)14-7-8-16(20-4)17(9-14)21-5/h7-9,12-13,15,18H,6,10-11H2,1-5H3. The van der Waals surface area contributed by atoms with Gasteiger partial charge in [-0.25, -0.2) is 0 Å². The van der Waals surface area contributed by atoms with E-state index in [1.807, 2.05) is 6.07 Å². The number of benzene rings is 1. The van der Waals surface area contributed by atoms with E-state index in [4.69, 9.17) is 9.47 Å². The zero-order valence-corrected chi connectivity index (χ0v) is 13.8. The van der Waals surface area contributed by atoms with Crippen LogP contribution in [-0.4, -0.2) is 39.4 Å². The monoisotopic (exact) mass is 292 g/mol. The Kier molecular flexibility index (Phi) is 5.34. The fourth-order valence-corrected chi connectivity index (χ4v) is 2.95. The minimum atomic E-state index is 0.526. The number of ether oxygens (including phenoxy) is 2. The van der Waals surface area contributed by atoms with E-state index in [1.165, 1.54) is 5.69 Å². The molecular formula is C17H28N2O2. The molecule has 1 fully saturated rings. The lowest BCUT2D eigenvalue weighted by molar-refractivity contribution is 0.324. The highest BCUT2D eigenvalue weighted by Gasteiger charge is 2.28. The van der Waals surface area contributed by atoms with Gasteiger partial charge < -0.3 is 19.7 Å². The summed E-state index contributed by atoms with van der Waals surface area (Å²) >= 11 is 0. The van der Waals surface area contributed by atoms with E-state index in [0.717, 1.165) is 31.0 Å². The first-order valence-corrected chi connectivity index (χ1v) is 7.82. The van der Waals surface area contributed by atoms with Crippen LogP contribution in [0.4, 0.5) is 5.69 Å². The second-order valence-electron chi connectivity index (χ2n) is 6.01. The summed E-state index contributed by atoms with van der Waals surface area (Å²) < 4.78 is 10.8. The number of methoxy groups -OCH3 is 2. The molecule has 21 heavy (non-hydrogen) atoms. The van der Waals surface area contributed by atoms with E-state index >= 15 is 0 Å². The van der Waals surface area contributed by atoms with Crippen LogP contribution >= 0.6 is 0 Å². The third-order valence-electron chi connectivity index (χ3n) is 4.42. The SMILES string of the molecule is CCC1CNC(C(C)C)CN1c1ccc(OC)c(OC)c1. The zero-order chi connectivity index (χ0) is 15.4. The molecule has 2 unspecified atom stereocenters. The molecule has 1 aromatic rings. The first kappa shape index (κ1) is 16.0. The Hall–Kier alpha value is -1.42. The van der Waals surface area contributed by atoms with Gasteiger partial charge in [0, 0.05) is 36.9 Å². The number of nitrogens with one attached hydrogen (secondary N) is 1. The fraction of sp³-hybridized carbons (Fsp3) is 0.647. The lowest BCUT2D eigenvalue weighted by Crippen LogP contribution is -2.58. The number of piperazine rings is 1. The molecule has 1 saturated heterocycles. The van der Waals surface area contributed by atoms with Crippen molar-refractivity contribution in [1.29, 1.82) is 0 Å². The average Bonchev–Trinajstić information content (AvgIpc) is 2.53. The van der Waals surface area contributed by atoms with Crippen LogP contribution in [0, 0.1) is 5.92 Å². The first-order chi connectivity index (χ1) is 10.1. The smallest absolute Gasteiger partial charge is 0.162 e. The summed E-state index contributed by atoms with van der Waals surface area (Å²) in [4.78, 5) is 2.50. The molecule has 2 atom stereocenters. The molecule has 1 aliphatic heterocycles. The second kappa shape index (κ2) is 7.03. The van der Waals surface area contributed by atoms with Gasteiger partial charge in [0.25, 0.3) is 0 Å². The van der Waals surface area contributed by atoms with Gasteiger partial charge in [-0.3, -0.25) is 0 Å². The Balaban J connectivity index is 2.27. The molecule has 1 heterocycles. The van der Waals surface area contributed by atoms with Crippen molar-refractivity contribution in [3.8, 4) is 11.5 Å². The van der Waals surface area contributed by atoms with Crippen LogP contribution in [-0.2, 0) is 0 Å². The van der Waals surface area contributed by atoms with Gasteiger partial charge in [0.1, 0.15) is 0 Å². The van der Waals surface area contributed by atoms with Crippen LogP contribution in [0.5, 0.6) is 11.5 Å². The van der Waals surface area contributed by atoms with Gasteiger partial charge in [0.05, 0.1) is 14.2 Å². The number of hydrogen-bond acceptors (Lipinski definition) is 4. The first-order valence-electron chi connectivity index (χ1n) is 7.82. The van der Waals surface area contributed by atoms with E-state index in [1.54, 1.807) is 14.2 Å². The molecule has 118 valence electrons. The second-order valence-corrected chi connectivity index (χ2v) is 6.01. The number of hydrogen-bond donors (Lipinski definition) is 1. The van der Waals surface area contributed by atoms with Crippen molar-refractivity contribution in [2.24, 2.45) is 5.92 Å². The number of nitrogens with zero attached hydrogens (tertiary/aromatic N) is 1. The van der Waals surface area contributed by atoms with Crippen LogP contribution < -0.4 is 19.7 Å². The van der Waals surface area contributed by atoms with Crippen molar-refractivity contribution in [3.05, 3.63) is 18.2 Å². The Labute approximate surface area is 128 Å². The number of rotatable bonds is 5. The molecule has 1 aromatic carbocycles. The maximum Gasteiger partial charge on any atom is 0.162 e. The normalized spacial score (nSPS) is 22.5. The molecule has 0 radical (unpaired) electrons. The summed E-state index contributed by atoms with van der Waals surface area (Å²) in [7, 11) is 3.36. The molecular weight excluding hydrogens is 264 g/mol. The van der Waals surface area contributed by atoms with Gasteiger partial charge in [0.2, 0.25) is 0 Å². The predicted octanol–water partition coefficient (Wildman–Crippen LogP) is 2.92. The van der Waals surface area contributed by atoms with Crippen molar-refractivity contribution < 1.29 is 9.47 Å².